The summed E-state index contributed by atoms with van der Waals surface area (Å²) in [5.74, 6) is 1.80. The van der Waals surface area contributed by atoms with Crippen molar-refractivity contribution in [2.75, 3.05) is 13.1 Å². The summed E-state index contributed by atoms with van der Waals surface area (Å²) in [5.41, 5.74) is 0. The molecule has 1 saturated heterocycles. The van der Waals surface area contributed by atoms with E-state index in [2.05, 4.69) is 10.1 Å². The summed E-state index contributed by atoms with van der Waals surface area (Å²) in [6.07, 6.45) is 3.44. The molecule has 3 heterocycles. The van der Waals surface area contributed by atoms with Crippen LogP contribution in [0.5, 0.6) is 0 Å². The minimum Gasteiger partial charge on any atom is -0.340 e. The molecule has 0 N–H and O–H groups in total. The molecule has 0 amide bonds. The molecule has 1 aliphatic rings. The van der Waals surface area contributed by atoms with Crippen molar-refractivity contribution < 1.29 is 12.9 Å². The van der Waals surface area contributed by atoms with Crippen LogP contribution in [0, 0.1) is 12.8 Å². The number of halogens is 1. The SMILES string of the molecule is Cc1nc(CCC2CCN(S(=O)(=O)c3ccc(Cl)s3)CC2)no1. The van der Waals surface area contributed by atoms with Crippen LogP contribution in [0.1, 0.15) is 31.0 Å². The Morgan fingerprint density at radius 3 is 2.70 bits per heavy atom. The summed E-state index contributed by atoms with van der Waals surface area (Å²) in [6.45, 7) is 2.87. The number of thiophene rings is 1. The molecule has 1 aliphatic heterocycles. The van der Waals surface area contributed by atoms with E-state index in [4.69, 9.17) is 16.1 Å². The van der Waals surface area contributed by atoms with Gasteiger partial charge >= 0.3 is 0 Å². The summed E-state index contributed by atoms with van der Waals surface area (Å²) in [6, 6.07) is 3.20. The first kappa shape index (κ1) is 16.9. The van der Waals surface area contributed by atoms with Gasteiger partial charge in [0.25, 0.3) is 10.0 Å². The van der Waals surface area contributed by atoms with Crippen LogP contribution < -0.4 is 0 Å². The Labute approximate surface area is 144 Å². The highest BCUT2D eigenvalue weighted by atomic mass is 35.5. The molecule has 0 aliphatic carbocycles. The fraction of sp³-hybridized carbons (Fsp3) is 0.571. The predicted octanol–water partition coefficient (Wildman–Crippen LogP) is 3.13. The molecule has 0 unspecified atom stereocenters. The molecular formula is C14H18ClN3O3S2. The second-order valence-corrected chi connectivity index (χ2v) is 9.55. The third-order valence-electron chi connectivity index (χ3n) is 4.06. The number of hydrogen-bond donors (Lipinski definition) is 0. The van der Waals surface area contributed by atoms with Crippen LogP contribution in [0.25, 0.3) is 0 Å². The van der Waals surface area contributed by atoms with Gasteiger partial charge in [0.1, 0.15) is 4.21 Å². The lowest BCUT2D eigenvalue weighted by Crippen LogP contribution is -2.38. The van der Waals surface area contributed by atoms with Crippen molar-refractivity contribution in [1.82, 2.24) is 14.4 Å². The van der Waals surface area contributed by atoms with Gasteiger partial charge in [0.15, 0.2) is 5.82 Å². The van der Waals surface area contributed by atoms with E-state index in [1.54, 1.807) is 23.4 Å². The van der Waals surface area contributed by atoms with Gasteiger partial charge < -0.3 is 4.52 Å². The fourth-order valence-electron chi connectivity index (χ4n) is 2.78. The van der Waals surface area contributed by atoms with E-state index < -0.39 is 10.0 Å². The van der Waals surface area contributed by atoms with Crippen LogP contribution in [-0.4, -0.2) is 36.0 Å². The third-order valence-corrected chi connectivity index (χ3v) is 7.66. The number of aromatic nitrogens is 2. The summed E-state index contributed by atoms with van der Waals surface area (Å²) in [5, 5.41) is 3.89. The summed E-state index contributed by atoms with van der Waals surface area (Å²) >= 11 is 6.95. The van der Waals surface area contributed by atoms with Crippen LogP contribution >= 0.6 is 22.9 Å². The minimum atomic E-state index is -3.40. The van der Waals surface area contributed by atoms with Gasteiger partial charge in [0.2, 0.25) is 5.89 Å². The standard InChI is InChI=1S/C14H18ClN3O3S2/c1-10-16-13(17-21-10)4-2-11-6-8-18(9-7-11)23(19,20)14-5-3-12(15)22-14/h3,5,11H,2,4,6-9H2,1H3. The average Bonchev–Trinajstić information content (AvgIpc) is 3.14. The Balaban J connectivity index is 1.54. The number of hydrogen-bond acceptors (Lipinski definition) is 6. The minimum absolute atomic E-state index is 0.322. The zero-order valence-electron chi connectivity index (χ0n) is 12.7. The molecule has 9 heteroatoms. The lowest BCUT2D eigenvalue weighted by atomic mass is 9.93. The molecule has 126 valence electrons. The maximum Gasteiger partial charge on any atom is 0.252 e. The Kier molecular flexibility index (Phi) is 5.05. The van der Waals surface area contributed by atoms with Crippen LogP contribution in [-0.2, 0) is 16.4 Å². The third kappa shape index (κ3) is 3.93. The highest BCUT2D eigenvalue weighted by molar-refractivity contribution is 7.91. The van der Waals surface area contributed by atoms with Crippen molar-refractivity contribution in [3.05, 3.63) is 28.2 Å². The average molecular weight is 376 g/mol. The maximum absolute atomic E-state index is 12.5. The summed E-state index contributed by atoms with van der Waals surface area (Å²) in [4.78, 5) is 4.20. The van der Waals surface area contributed by atoms with Crippen molar-refractivity contribution >= 4 is 33.0 Å². The van der Waals surface area contributed by atoms with Gasteiger partial charge in [-0.25, -0.2) is 8.42 Å². The quantitative estimate of drug-likeness (QED) is 0.802. The molecule has 0 bridgehead atoms. The normalized spacial score (nSPS) is 17.7. The second kappa shape index (κ2) is 6.88. The van der Waals surface area contributed by atoms with Crippen molar-refractivity contribution in [3.8, 4) is 0 Å². The first-order valence-electron chi connectivity index (χ1n) is 7.50. The Morgan fingerprint density at radius 1 is 1.39 bits per heavy atom. The van der Waals surface area contributed by atoms with Gasteiger partial charge in [-0.15, -0.1) is 11.3 Å². The summed E-state index contributed by atoms with van der Waals surface area (Å²) < 4.78 is 32.4. The van der Waals surface area contributed by atoms with Crippen molar-refractivity contribution in [3.63, 3.8) is 0 Å². The largest absolute Gasteiger partial charge is 0.340 e. The van der Waals surface area contributed by atoms with Crippen LogP contribution in [0.15, 0.2) is 20.9 Å². The van der Waals surface area contributed by atoms with Gasteiger partial charge in [-0.3, -0.25) is 0 Å². The molecule has 6 nitrogen and oxygen atoms in total. The smallest absolute Gasteiger partial charge is 0.252 e. The Morgan fingerprint density at radius 2 is 2.13 bits per heavy atom. The summed E-state index contributed by atoms with van der Waals surface area (Å²) in [7, 11) is -3.40. The highest BCUT2D eigenvalue weighted by Crippen LogP contribution is 2.31. The molecule has 0 spiro atoms. The fourth-order valence-corrected chi connectivity index (χ4v) is 5.88. The number of piperidine rings is 1. The van der Waals surface area contributed by atoms with E-state index in [-0.39, 0.29) is 0 Å². The van der Waals surface area contributed by atoms with E-state index in [1.165, 1.54) is 0 Å². The van der Waals surface area contributed by atoms with E-state index in [1.807, 2.05) is 0 Å². The van der Waals surface area contributed by atoms with Crippen molar-refractivity contribution in [2.24, 2.45) is 5.92 Å². The zero-order valence-corrected chi connectivity index (χ0v) is 15.1. The maximum atomic E-state index is 12.5. The molecule has 0 radical (unpaired) electrons. The van der Waals surface area contributed by atoms with Crippen molar-refractivity contribution in [1.29, 1.82) is 0 Å². The molecule has 3 rings (SSSR count). The van der Waals surface area contributed by atoms with Gasteiger partial charge in [0.05, 0.1) is 4.34 Å². The van der Waals surface area contributed by atoms with Gasteiger partial charge in [-0.05, 0) is 37.3 Å². The number of aryl methyl sites for hydroxylation is 2. The topological polar surface area (TPSA) is 76.3 Å². The van der Waals surface area contributed by atoms with Gasteiger partial charge in [-0.1, -0.05) is 16.8 Å². The molecule has 0 saturated carbocycles. The number of sulfonamides is 1. The number of rotatable bonds is 5. The van der Waals surface area contributed by atoms with E-state index in [0.717, 1.165) is 42.8 Å². The molecule has 0 atom stereocenters. The van der Waals surface area contributed by atoms with Gasteiger partial charge in [-0.2, -0.15) is 9.29 Å². The molecule has 0 aromatic carbocycles. The van der Waals surface area contributed by atoms with Gasteiger partial charge in [0, 0.05) is 26.4 Å². The van der Waals surface area contributed by atoms with E-state index in [9.17, 15) is 8.42 Å². The van der Waals surface area contributed by atoms with E-state index >= 15 is 0 Å². The lowest BCUT2D eigenvalue weighted by Gasteiger charge is -2.30. The first-order valence-corrected chi connectivity index (χ1v) is 10.1. The monoisotopic (exact) mass is 375 g/mol. The van der Waals surface area contributed by atoms with Crippen LogP contribution in [0.4, 0.5) is 0 Å². The Hall–Kier alpha value is -0.960. The van der Waals surface area contributed by atoms with Crippen LogP contribution in [0.2, 0.25) is 4.34 Å². The molecule has 1 fully saturated rings. The first-order chi connectivity index (χ1) is 10.9. The number of nitrogens with zero attached hydrogens (tertiary/aromatic N) is 3. The van der Waals surface area contributed by atoms with Crippen molar-refractivity contribution in [2.45, 2.75) is 36.8 Å². The van der Waals surface area contributed by atoms with Crippen LogP contribution in [0.3, 0.4) is 0 Å². The zero-order chi connectivity index (χ0) is 16.4. The molecular weight excluding hydrogens is 358 g/mol. The predicted molar refractivity (Wildman–Crippen MR) is 88.2 cm³/mol. The molecule has 2 aromatic rings. The van der Waals surface area contributed by atoms with E-state index in [0.29, 0.717) is 33.4 Å². The highest BCUT2D eigenvalue weighted by Gasteiger charge is 2.30. The molecule has 2 aromatic heterocycles. The second-order valence-electron chi connectivity index (χ2n) is 5.67. The lowest BCUT2D eigenvalue weighted by molar-refractivity contribution is 0.262. The molecule has 23 heavy (non-hydrogen) atoms. The Bertz CT molecular complexity index is 764.